The molecule has 1 aromatic carbocycles. The summed E-state index contributed by atoms with van der Waals surface area (Å²) in [4.78, 5) is 10.8. The molecule has 0 aliphatic carbocycles. The summed E-state index contributed by atoms with van der Waals surface area (Å²) in [6.07, 6.45) is 2.35. The van der Waals surface area contributed by atoms with E-state index in [2.05, 4.69) is 32.3 Å². The minimum Gasteiger partial charge on any atom is -0.392 e. The number of anilines is 1. The van der Waals surface area contributed by atoms with Crippen LogP contribution in [0.1, 0.15) is 17.5 Å². The van der Waals surface area contributed by atoms with Crippen molar-refractivity contribution in [3.63, 3.8) is 0 Å². The molecule has 4 N–H and O–H groups in total. The number of guanidine groups is 1. The van der Waals surface area contributed by atoms with Crippen molar-refractivity contribution < 1.29 is 5.11 Å². The van der Waals surface area contributed by atoms with Crippen LogP contribution in [0, 0.1) is 0 Å². The number of β-amino-alcohol motifs (C(OH)–C–C–N with tert-alkyl or cyclic N) is 1. The van der Waals surface area contributed by atoms with Gasteiger partial charge in [0.15, 0.2) is 5.96 Å². The molecule has 24 heavy (non-hydrogen) atoms. The lowest BCUT2D eigenvalue weighted by Crippen LogP contribution is -2.24. The number of benzene rings is 1. The summed E-state index contributed by atoms with van der Waals surface area (Å²) in [5, 5.41) is 12.7. The van der Waals surface area contributed by atoms with Crippen molar-refractivity contribution in [1.29, 1.82) is 0 Å². The first-order valence-electron chi connectivity index (χ1n) is 8.16. The van der Waals surface area contributed by atoms with Gasteiger partial charge >= 0.3 is 0 Å². The third kappa shape index (κ3) is 4.53. The predicted molar refractivity (Wildman–Crippen MR) is 95.5 cm³/mol. The Bertz CT molecular complexity index is 689. The second-order valence-corrected chi connectivity index (χ2v) is 5.99. The summed E-state index contributed by atoms with van der Waals surface area (Å²) in [6.45, 7) is 3.01. The lowest BCUT2D eigenvalue weighted by atomic mass is 10.1. The number of nitrogens with zero attached hydrogens (tertiary/aromatic N) is 3. The van der Waals surface area contributed by atoms with Crippen LogP contribution < -0.4 is 11.1 Å². The molecule has 6 heteroatoms. The van der Waals surface area contributed by atoms with Gasteiger partial charge in [-0.25, -0.2) is 9.98 Å². The molecule has 0 spiro atoms. The first-order valence-corrected chi connectivity index (χ1v) is 8.16. The van der Waals surface area contributed by atoms with E-state index in [9.17, 15) is 5.11 Å². The van der Waals surface area contributed by atoms with Gasteiger partial charge in [0.2, 0.25) is 0 Å². The molecule has 0 amide bonds. The van der Waals surface area contributed by atoms with Gasteiger partial charge in [-0.3, -0.25) is 4.90 Å². The van der Waals surface area contributed by atoms with E-state index in [1.54, 1.807) is 6.20 Å². The SMILES string of the molecule is NC(=NCc1ccccc1CN1CCC(O)C1)Nc1ccccn1. The Kier molecular flexibility index (Phi) is 5.40. The van der Waals surface area contributed by atoms with Crippen molar-refractivity contribution >= 4 is 11.8 Å². The molecule has 1 unspecified atom stereocenters. The first kappa shape index (κ1) is 16.4. The Morgan fingerprint density at radius 1 is 1.25 bits per heavy atom. The van der Waals surface area contributed by atoms with Crippen molar-refractivity contribution in [2.45, 2.75) is 25.6 Å². The fourth-order valence-electron chi connectivity index (χ4n) is 2.84. The Balaban J connectivity index is 1.63. The third-order valence-electron chi connectivity index (χ3n) is 4.10. The number of pyridine rings is 1. The second kappa shape index (κ2) is 7.90. The molecule has 1 fully saturated rings. The van der Waals surface area contributed by atoms with Crippen molar-refractivity contribution in [3.05, 3.63) is 59.8 Å². The molecule has 1 saturated heterocycles. The fourth-order valence-corrected chi connectivity index (χ4v) is 2.84. The van der Waals surface area contributed by atoms with Gasteiger partial charge in [-0.1, -0.05) is 30.3 Å². The highest BCUT2D eigenvalue weighted by Gasteiger charge is 2.20. The number of nitrogens with one attached hydrogen (secondary N) is 1. The Labute approximate surface area is 142 Å². The summed E-state index contributed by atoms with van der Waals surface area (Å²) in [7, 11) is 0. The van der Waals surface area contributed by atoms with Gasteiger partial charge < -0.3 is 16.2 Å². The van der Waals surface area contributed by atoms with Crippen LogP contribution in [0.5, 0.6) is 0 Å². The van der Waals surface area contributed by atoms with Crippen molar-refractivity contribution in [1.82, 2.24) is 9.88 Å². The van der Waals surface area contributed by atoms with Crippen LogP contribution >= 0.6 is 0 Å². The molecular formula is C18H23N5O. The monoisotopic (exact) mass is 325 g/mol. The highest BCUT2D eigenvalue weighted by atomic mass is 16.3. The van der Waals surface area contributed by atoms with Gasteiger partial charge in [-0.2, -0.15) is 0 Å². The number of rotatable bonds is 5. The molecule has 1 aromatic heterocycles. The van der Waals surface area contributed by atoms with Crippen molar-refractivity contribution in [2.24, 2.45) is 10.7 Å². The van der Waals surface area contributed by atoms with Crippen molar-refractivity contribution in [3.8, 4) is 0 Å². The topological polar surface area (TPSA) is 86.8 Å². The zero-order valence-electron chi connectivity index (χ0n) is 13.6. The highest BCUT2D eigenvalue weighted by molar-refractivity contribution is 5.91. The number of aliphatic hydroxyl groups is 1. The van der Waals surface area contributed by atoms with E-state index in [4.69, 9.17) is 5.73 Å². The average molecular weight is 325 g/mol. The van der Waals surface area contributed by atoms with E-state index in [-0.39, 0.29) is 6.10 Å². The highest BCUT2D eigenvalue weighted by Crippen LogP contribution is 2.17. The minimum absolute atomic E-state index is 0.201. The molecule has 6 nitrogen and oxygen atoms in total. The Morgan fingerprint density at radius 3 is 2.75 bits per heavy atom. The number of likely N-dealkylation sites (tertiary alicyclic amines) is 1. The zero-order chi connectivity index (χ0) is 16.8. The molecule has 0 bridgehead atoms. The van der Waals surface area contributed by atoms with E-state index in [1.807, 2.05) is 30.3 Å². The smallest absolute Gasteiger partial charge is 0.194 e. The Morgan fingerprint density at radius 2 is 2.04 bits per heavy atom. The first-order chi connectivity index (χ1) is 11.7. The lowest BCUT2D eigenvalue weighted by molar-refractivity contribution is 0.174. The summed E-state index contributed by atoms with van der Waals surface area (Å²) in [5.74, 6) is 1.03. The second-order valence-electron chi connectivity index (χ2n) is 5.99. The van der Waals surface area contributed by atoms with E-state index in [0.717, 1.165) is 31.6 Å². The predicted octanol–water partition coefficient (Wildman–Crippen LogP) is 1.57. The molecule has 1 aliphatic heterocycles. The maximum absolute atomic E-state index is 9.67. The van der Waals surface area contributed by atoms with Crippen LogP contribution in [-0.4, -0.2) is 40.1 Å². The Hall–Kier alpha value is -2.44. The molecule has 1 aliphatic rings. The number of aliphatic hydroxyl groups excluding tert-OH is 1. The van der Waals surface area contributed by atoms with Crippen LogP contribution in [-0.2, 0) is 13.1 Å². The molecule has 3 rings (SSSR count). The fraction of sp³-hybridized carbons (Fsp3) is 0.333. The normalized spacial score (nSPS) is 18.7. The van der Waals surface area contributed by atoms with Gasteiger partial charge in [-0.05, 0) is 29.7 Å². The average Bonchev–Trinajstić information content (AvgIpc) is 3.00. The third-order valence-corrected chi connectivity index (χ3v) is 4.10. The largest absolute Gasteiger partial charge is 0.392 e. The number of aromatic nitrogens is 1. The van der Waals surface area contributed by atoms with Crippen molar-refractivity contribution in [2.75, 3.05) is 18.4 Å². The minimum atomic E-state index is -0.201. The van der Waals surface area contributed by atoms with E-state index >= 15 is 0 Å². The quantitative estimate of drug-likeness (QED) is 0.574. The molecule has 2 aromatic rings. The van der Waals surface area contributed by atoms with Gasteiger partial charge in [0.25, 0.3) is 0 Å². The van der Waals surface area contributed by atoms with E-state index in [0.29, 0.717) is 18.3 Å². The molecule has 126 valence electrons. The van der Waals surface area contributed by atoms with Gasteiger partial charge in [0.05, 0.1) is 12.6 Å². The summed E-state index contributed by atoms with van der Waals surface area (Å²) in [5.41, 5.74) is 8.31. The molecule has 0 saturated carbocycles. The van der Waals surface area contributed by atoms with E-state index < -0.39 is 0 Å². The van der Waals surface area contributed by atoms with Gasteiger partial charge in [-0.15, -0.1) is 0 Å². The molecule has 1 atom stereocenters. The lowest BCUT2D eigenvalue weighted by Gasteiger charge is -2.17. The molecular weight excluding hydrogens is 302 g/mol. The maximum atomic E-state index is 9.67. The number of nitrogens with two attached hydrogens (primary N) is 1. The molecule has 0 radical (unpaired) electrons. The van der Waals surface area contributed by atoms with Gasteiger partial charge in [0, 0.05) is 25.8 Å². The number of hydrogen-bond donors (Lipinski definition) is 3. The van der Waals surface area contributed by atoms with Crippen LogP contribution in [0.3, 0.4) is 0 Å². The molecule has 2 heterocycles. The van der Waals surface area contributed by atoms with E-state index in [1.165, 1.54) is 5.56 Å². The van der Waals surface area contributed by atoms with Crippen LogP contribution in [0.4, 0.5) is 5.82 Å². The standard InChI is InChI=1S/C18H23N5O/c19-18(22-17-7-3-4-9-20-17)21-11-14-5-1-2-6-15(14)12-23-10-8-16(24)13-23/h1-7,9,16,24H,8,10-13H2,(H3,19,20,21,22). The summed E-state index contributed by atoms with van der Waals surface area (Å²) in [6, 6.07) is 13.8. The van der Waals surface area contributed by atoms with Crippen LogP contribution in [0.25, 0.3) is 0 Å². The number of hydrogen-bond acceptors (Lipinski definition) is 4. The van der Waals surface area contributed by atoms with Gasteiger partial charge in [0.1, 0.15) is 5.82 Å². The number of aliphatic imine (C=N–C) groups is 1. The summed E-state index contributed by atoms with van der Waals surface area (Å²) < 4.78 is 0. The summed E-state index contributed by atoms with van der Waals surface area (Å²) >= 11 is 0. The van der Waals surface area contributed by atoms with Crippen LogP contribution in [0.2, 0.25) is 0 Å². The maximum Gasteiger partial charge on any atom is 0.194 e. The van der Waals surface area contributed by atoms with Crippen LogP contribution in [0.15, 0.2) is 53.7 Å². The zero-order valence-corrected chi connectivity index (χ0v) is 13.6.